The second-order valence-corrected chi connectivity index (χ2v) is 3.20. The molecule has 0 amide bonds. The zero-order chi connectivity index (χ0) is 11.8. The Morgan fingerprint density at radius 1 is 1.33 bits per heavy atom. The number of alkyl halides is 5. The van der Waals surface area contributed by atoms with Crippen LogP contribution in [0.2, 0.25) is 5.02 Å². The molecule has 1 aromatic heterocycles. The number of aromatic nitrogens is 1. The molecule has 1 aromatic rings. The minimum absolute atomic E-state index is 0.462. The van der Waals surface area contributed by atoms with Gasteiger partial charge >= 0.3 is 6.18 Å². The summed E-state index contributed by atoms with van der Waals surface area (Å²) in [4.78, 5) is 3.00. The van der Waals surface area contributed by atoms with Gasteiger partial charge in [0.25, 0.3) is 6.43 Å². The van der Waals surface area contributed by atoms with Crippen molar-refractivity contribution in [2.75, 3.05) is 0 Å². The highest BCUT2D eigenvalue weighted by Gasteiger charge is 2.36. The topological polar surface area (TPSA) is 12.9 Å². The Balaban J connectivity index is 3.42. The Morgan fingerprint density at radius 2 is 1.87 bits per heavy atom. The molecule has 7 heteroatoms. The van der Waals surface area contributed by atoms with Gasteiger partial charge in [0.1, 0.15) is 5.69 Å². The Kier molecular flexibility index (Phi) is 3.18. The van der Waals surface area contributed by atoms with E-state index in [2.05, 4.69) is 4.98 Å². The summed E-state index contributed by atoms with van der Waals surface area (Å²) in [5.41, 5.74) is -2.79. The van der Waals surface area contributed by atoms with Crippen molar-refractivity contribution in [1.82, 2.24) is 4.98 Å². The average Bonchev–Trinajstić information content (AvgIpc) is 2.00. The fourth-order valence-electron chi connectivity index (χ4n) is 1.15. The van der Waals surface area contributed by atoms with Gasteiger partial charge in [-0.2, -0.15) is 13.2 Å². The fraction of sp³-hybridized carbons (Fsp3) is 0.375. The van der Waals surface area contributed by atoms with Crippen molar-refractivity contribution in [2.24, 2.45) is 0 Å². The van der Waals surface area contributed by atoms with Crippen LogP contribution in [0, 0.1) is 6.92 Å². The van der Waals surface area contributed by atoms with Crippen LogP contribution in [0.4, 0.5) is 22.0 Å². The minimum atomic E-state index is -4.75. The van der Waals surface area contributed by atoms with Gasteiger partial charge in [0.05, 0.1) is 5.02 Å². The highest BCUT2D eigenvalue weighted by molar-refractivity contribution is 6.31. The maximum atomic E-state index is 12.4. The van der Waals surface area contributed by atoms with Crippen LogP contribution in [-0.4, -0.2) is 4.98 Å². The summed E-state index contributed by atoms with van der Waals surface area (Å²) in [5, 5.41) is -0.462. The highest BCUT2D eigenvalue weighted by atomic mass is 35.5. The first-order chi connectivity index (χ1) is 6.75. The molecule has 0 saturated heterocycles. The van der Waals surface area contributed by atoms with Gasteiger partial charge in [-0.15, -0.1) is 0 Å². The first-order valence-electron chi connectivity index (χ1n) is 3.75. The van der Waals surface area contributed by atoms with Crippen LogP contribution in [0.3, 0.4) is 0 Å². The molecule has 0 aliphatic rings. The SMILES string of the molecule is Cc1c(C(F)(F)F)ncc(Cl)c1C(F)F. The van der Waals surface area contributed by atoms with Gasteiger partial charge in [0, 0.05) is 11.8 Å². The van der Waals surface area contributed by atoms with E-state index in [4.69, 9.17) is 11.6 Å². The molecule has 0 fully saturated rings. The summed E-state index contributed by atoms with van der Waals surface area (Å²) in [6.07, 6.45) is -7.22. The Labute approximate surface area is 86.9 Å². The van der Waals surface area contributed by atoms with E-state index in [1.807, 2.05) is 0 Å². The minimum Gasteiger partial charge on any atom is -0.250 e. The zero-order valence-corrected chi connectivity index (χ0v) is 8.13. The van der Waals surface area contributed by atoms with Gasteiger partial charge in [-0.3, -0.25) is 0 Å². The summed E-state index contributed by atoms with van der Waals surface area (Å²) in [6, 6.07) is 0. The lowest BCUT2D eigenvalue weighted by Crippen LogP contribution is -2.12. The quantitative estimate of drug-likeness (QED) is 0.682. The normalized spacial score (nSPS) is 12.3. The number of rotatable bonds is 1. The molecular formula is C8H5ClF5N. The third-order valence-corrected chi connectivity index (χ3v) is 2.11. The van der Waals surface area contributed by atoms with Gasteiger partial charge in [0.15, 0.2) is 0 Å². The molecule has 0 bridgehead atoms. The van der Waals surface area contributed by atoms with Crippen LogP contribution in [-0.2, 0) is 6.18 Å². The Morgan fingerprint density at radius 3 is 2.27 bits per heavy atom. The van der Waals surface area contributed by atoms with Gasteiger partial charge in [0.2, 0.25) is 0 Å². The second kappa shape index (κ2) is 3.92. The lowest BCUT2D eigenvalue weighted by atomic mass is 10.1. The van der Waals surface area contributed by atoms with Crippen LogP contribution in [0.5, 0.6) is 0 Å². The maximum absolute atomic E-state index is 12.4. The van der Waals surface area contributed by atoms with E-state index in [9.17, 15) is 22.0 Å². The van der Waals surface area contributed by atoms with E-state index in [1.165, 1.54) is 0 Å². The van der Waals surface area contributed by atoms with Crippen molar-refractivity contribution in [3.63, 3.8) is 0 Å². The van der Waals surface area contributed by atoms with Gasteiger partial charge in [-0.1, -0.05) is 11.6 Å². The first kappa shape index (κ1) is 12.2. The van der Waals surface area contributed by atoms with Crippen LogP contribution in [0.25, 0.3) is 0 Å². The molecule has 0 unspecified atom stereocenters. The van der Waals surface area contributed by atoms with Gasteiger partial charge in [-0.05, 0) is 12.5 Å². The molecule has 0 saturated carbocycles. The van der Waals surface area contributed by atoms with Crippen molar-refractivity contribution < 1.29 is 22.0 Å². The van der Waals surface area contributed by atoms with Crippen molar-refractivity contribution >= 4 is 11.6 Å². The van der Waals surface area contributed by atoms with Crippen molar-refractivity contribution in [2.45, 2.75) is 19.5 Å². The maximum Gasteiger partial charge on any atom is 0.433 e. The fourth-order valence-corrected chi connectivity index (χ4v) is 1.42. The molecule has 1 heterocycles. The third kappa shape index (κ3) is 2.37. The third-order valence-electron chi connectivity index (χ3n) is 1.81. The molecule has 15 heavy (non-hydrogen) atoms. The van der Waals surface area contributed by atoms with E-state index in [0.717, 1.165) is 6.92 Å². The van der Waals surface area contributed by atoms with E-state index in [1.54, 1.807) is 0 Å². The molecule has 1 nitrogen and oxygen atoms in total. The molecule has 1 rings (SSSR count). The molecule has 0 atom stereocenters. The van der Waals surface area contributed by atoms with E-state index < -0.39 is 34.4 Å². The summed E-state index contributed by atoms with van der Waals surface area (Å²) in [7, 11) is 0. The summed E-state index contributed by atoms with van der Waals surface area (Å²) < 4.78 is 61.6. The smallest absolute Gasteiger partial charge is 0.250 e. The van der Waals surface area contributed by atoms with Crippen LogP contribution >= 0.6 is 11.6 Å². The highest BCUT2D eigenvalue weighted by Crippen LogP contribution is 2.37. The second-order valence-electron chi connectivity index (χ2n) is 2.79. The molecule has 0 spiro atoms. The van der Waals surface area contributed by atoms with E-state index in [-0.39, 0.29) is 0 Å². The molecule has 0 radical (unpaired) electrons. The Hall–Kier alpha value is -0.910. The van der Waals surface area contributed by atoms with Crippen molar-refractivity contribution in [1.29, 1.82) is 0 Å². The number of pyridine rings is 1. The van der Waals surface area contributed by atoms with E-state index in [0.29, 0.717) is 6.20 Å². The lowest BCUT2D eigenvalue weighted by molar-refractivity contribution is -0.141. The molecule has 0 aliphatic heterocycles. The van der Waals surface area contributed by atoms with Gasteiger partial charge < -0.3 is 0 Å². The predicted octanol–water partition coefficient (Wildman–Crippen LogP) is 4.00. The summed E-state index contributed by atoms with van der Waals surface area (Å²) >= 11 is 5.34. The lowest BCUT2D eigenvalue weighted by Gasteiger charge is -2.13. The largest absolute Gasteiger partial charge is 0.433 e. The van der Waals surface area contributed by atoms with Crippen molar-refractivity contribution in [3.05, 3.63) is 28.0 Å². The molecule has 0 N–H and O–H groups in total. The first-order valence-corrected chi connectivity index (χ1v) is 4.13. The molecule has 84 valence electrons. The molecule has 0 aromatic carbocycles. The number of hydrogen-bond donors (Lipinski definition) is 0. The van der Waals surface area contributed by atoms with Crippen molar-refractivity contribution in [3.8, 4) is 0 Å². The molecular weight excluding hydrogens is 241 g/mol. The number of halogens is 6. The summed E-state index contributed by atoms with van der Waals surface area (Å²) in [6.45, 7) is 0.920. The Bertz CT molecular complexity index is 374. The number of nitrogens with zero attached hydrogens (tertiary/aromatic N) is 1. The molecule has 0 aliphatic carbocycles. The van der Waals surface area contributed by atoms with E-state index >= 15 is 0 Å². The van der Waals surface area contributed by atoms with Crippen LogP contribution < -0.4 is 0 Å². The van der Waals surface area contributed by atoms with Crippen LogP contribution in [0.15, 0.2) is 6.20 Å². The average molecular weight is 246 g/mol. The van der Waals surface area contributed by atoms with Crippen LogP contribution in [0.1, 0.15) is 23.2 Å². The standard InChI is InChI=1S/C8H5ClF5N/c1-3-5(7(10)11)4(9)2-15-6(3)8(12,13)14/h2,7H,1H3. The monoisotopic (exact) mass is 245 g/mol. The van der Waals surface area contributed by atoms with Gasteiger partial charge in [-0.25, -0.2) is 13.8 Å². The predicted molar refractivity (Wildman–Crippen MR) is 43.9 cm³/mol. The zero-order valence-electron chi connectivity index (χ0n) is 7.37. The number of hydrogen-bond acceptors (Lipinski definition) is 1. The summed E-state index contributed by atoms with van der Waals surface area (Å²) in [5.74, 6) is 0.